The molecule has 8 nitrogen and oxygen atoms in total. The van der Waals surface area contributed by atoms with Gasteiger partial charge in [0.1, 0.15) is 0 Å². The summed E-state index contributed by atoms with van der Waals surface area (Å²) in [5, 5.41) is 3.30. The molecule has 0 spiro atoms. The molecule has 166 valence electrons. The molecule has 2 aliphatic rings. The lowest BCUT2D eigenvalue weighted by Gasteiger charge is -2.34. The predicted molar refractivity (Wildman–Crippen MR) is 119 cm³/mol. The Hall–Kier alpha value is -2.32. The average Bonchev–Trinajstić information content (AvgIpc) is 2.76. The van der Waals surface area contributed by atoms with Gasteiger partial charge < -0.3 is 20.7 Å². The molecule has 2 fully saturated rings. The Morgan fingerprint density at radius 1 is 1.10 bits per heavy atom. The van der Waals surface area contributed by atoms with Gasteiger partial charge in [0.05, 0.1) is 13.2 Å². The standard InChI is InChI=1S/C22H36N6O2/c1-2-30-22(29)28-11-8-20(9-12-28)25-21(23)24-10-13-26-14-16-27(17-15-26)18-19-6-4-3-5-7-19/h3-7,20H,2,8-18H2,1H3,(H3,23,24,25). The fourth-order valence-electron chi connectivity index (χ4n) is 4.00. The van der Waals surface area contributed by atoms with Crippen LogP contribution in [0.5, 0.6) is 0 Å². The summed E-state index contributed by atoms with van der Waals surface area (Å²) >= 11 is 0. The summed E-state index contributed by atoms with van der Waals surface area (Å²) in [4.78, 5) is 23.0. The van der Waals surface area contributed by atoms with Crippen molar-refractivity contribution in [3.8, 4) is 0 Å². The Bertz CT molecular complexity index is 667. The first kappa shape index (κ1) is 22.4. The molecule has 2 aliphatic heterocycles. The SMILES string of the molecule is CCOC(=O)N1CCC(NC(N)=NCCN2CCN(Cc3ccccc3)CC2)CC1. The minimum Gasteiger partial charge on any atom is -0.450 e. The van der Waals surface area contributed by atoms with E-state index in [1.807, 2.05) is 6.92 Å². The van der Waals surface area contributed by atoms with Crippen LogP contribution in [0.2, 0.25) is 0 Å². The molecule has 8 heteroatoms. The summed E-state index contributed by atoms with van der Waals surface area (Å²) in [5.41, 5.74) is 7.45. The number of nitrogens with one attached hydrogen (secondary N) is 1. The number of carbonyl (C=O) groups is 1. The van der Waals surface area contributed by atoms with E-state index in [0.717, 1.165) is 52.1 Å². The molecule has 1 amide bonds. The van der Waals surface area contributed by atoms with Crippen LogP contribution in [0.4, 0.5) is 4.79 Å². The van der Waals surface area contributed by atoms with Gasteiger partial charge in [-0.3, -0.25) is 14.8 Å². The van der Waals surface area contributed by atoms with Gasteiger partial charge in [0, 0.05) is 58.4 Å². The highest BCUT2D eigenvalue weighted by Crippen LogP contribution is 2.11. The molecule has 0 unspecified atom stereocenters. The second kappa shape index (κ2) is 11.8. The molecule has 0 saturated carbocycles. The smallest absolute Gasteiger partial charge is 0.409 e. The molecule has 3 N–H and O–H groups in total. The zero-order valence-corrected chi connectivity index (χ0v) is 18.1. The van der Waals surface area contributed by atoms with Crippen molar-refractivity contribution in [1.82, 2.24) is 20.0 Å². The number of ether oxygens (including phenoxy) is 1. The van der Waals surface area contributed by atoms with Gasteiger partial charge in [0.15, 0.2) is 5.96 Å². The quantitative estimate of drug-likeness (QED) is 0.515. The van der Waals surface area contributed by atoms with E-state index < -0.39 is 0 Å². The monoisotopic (exact) mass is 416 g/mol. The second-order valence-electron chi connectivity index (χ2n) is 7.97. The fraction of sp³-hybridized carbons (Fsp3) is 0.636. The first-order valence-corrected chi connectivity index (χ1v) is 11.1. The first-order chi connectivity index (χ1) is 14.6. The van der Waals surface area contributed by atoms with Crippen LogP contribution in [0.1, 0.15) is 25.3 Å². The number of aliphatic imine (C=N–C) groups is 1. The van der Waals surface area contributed by atoms with E-state index in [1.54, 1.807) is 4.90 Å². The maximum atomic E-state index is 11.8. The number of piperazine rings is 1. The van der Waals surface area contributed by atoms with Gasteiger partial charge in [-0.25, -0.2) is 4.79 Å². The number of amides is 1. The molecule has 0 atom stereocenters. The molecular formula is C22H36N6O2. The number of guanidine groups is 1. The van der Waals surface area contributed by atoms with Crippen LogP contribution in [0.15, 0.2) is 35.3 Å². The average molecular weight is 417 g/mol. The Kier molecular flexibility index (Phi) is 8.77. The van der Waals surface area contributed by atoms with Crippen molar-refractivity contribution in [3.63, 3.8) is 0 Å². The fourth-order valence-corrected chi connectivity index (χ4v) is 4.00. The third kappa shape index (κ3) is 7.18. The molecule has 0 radical (unpaired) electrons. The summed E-state index contributed by atoms with van der Waals surface area (Å²) in [7, 11) is 0. The van der Waals surface area contributed by atoms with Crippen LogP contribution in [-0.2, 0) is 11.3 Å². The van der Waals surface area contributed by atoms with Crippen molar-refractivity contribution >= 4 is 12.1 Å². The van der Waals surface area contributed by atoms with Gasteiger partial charge in [-0.2, -0.15) is 0 Å². The number of rotatable bonds is 7. The van der Waals surface area contributed by atoms with Crippen molar-refractivity contribution < 1.29 is 9.53 Å². The van der Waals surface area contributed by atoms with E-state index in [4.69, 9.17) is 10.5 Å². The van der Waals surface area contributed by atoms with E-state index in [2.05, 4.69) is 50.4 Å². The van der Waals surface area contributed by atoms with Crippen LogP contribution in [0.3, 0.4) is 0 Å². The summed E-state index contributed by atoms with van der Waals surface area (Å²) in [5.74, 6) is 0.507. The number of carbonyl (C=O) groups excluding carboxylic acids is 1. The number of nitrogens with two attached hydrogens (primary N) is 1. The van der Waals surface area contributed by atoms with Crippen LogP contribution in [0.25, 0.3) is 0 Å². The molecule has 3 rings (SSSR count). The molecule has 0 bridgehead atoms. The van der Waals surface area contributed by atoms with Gasteiger partial charge in [0.25, 0.3) is 0 Å². The second-order valence-corrected chi connectivity index (χ2v) is 7.97. The minimum atomic E-state index is -0.221. The molecule has 1 aromatic rings. The number of hydrogen-bond acceptors (Lipinski definition) is 5. The largest absolute Gasteiger partial charge is 0.450 e. The van der Waals surface area contributed by atoms with Crippen LogP contribution < -0.4 is 11.1 Å². The molecule has 30 heavy (non-hydrogen) atoms. The van der Waals surface area contributed by atoms with E-state index in [9.17, 15) is 4.79 Å². The lowest BCUT2D eigenvalue weighted by Crippen LogP contribution is -2.49. The predicted octanol–water partition coefficient (Wildman–Crippen LogP) is 1.33. The Morgan fingerprint density at radius 2 is 1.77 bits per heavy atom. The topological polar surface area (TPSA) is 86.4 Å². The van der Waals surface area contributed by atoms with Gasteiger partial charge in [-0.05, 0) is 25.3 Å². The zero-order valence-electron chi connectivity index (χ0n) is 18.1. The lowest BCUT2D eigenvalue weighted by molar-refractivity contribution is 0.0963. The number of likely N-dealkylation sites (tertiary alicyclic amines) is 1. The lowest BCUT2D eigenvalue weighted by atomic mass is 10.1. The summed E-state index contributed by atoms with van der Waals surface area (Å²) in [6.45, 7) is 10.6. The van der Waals surface area contributed by atoms with Gasteiger partial charge >= 0.3 is 6.09 Å². The van der Waals surface area contributed by atoms with Crippen molar-refractivity contribution in [2.75, 3.05) is 59.0 Å². The highest BCUT2D eigenvalue weighted by Gasteiger charge is 2.23. The highest BCUT2D eigenvalue weighted by atomic mass is 16.6. The minimum absolute atomic E-state index is 0.221. The third-order valence-electron chi connectivity index (χ3n) is 5.79. The number of piperidine rings is 1. The van der Waals surface area contributed by atoms with E-state index in [0.29, 0.717) is 32.2 Å². The molecule has 2 heterocycles. The summed E-state index contributed by atoms with van der Waals surface area (Å²) in [6.07, 6.45) is 1.50. The van der Waals surface area contributed by atoms with E-state index in [1.165, 1.54) is 5.56 Å². The first-order valence-electron chi connectivity index (χ1n) is 11.1. The van der Waals surface area contributed by atoms with Crippen molar-refractivity contribution in [2.24, 2.45) is 10.7 Å². The highest BCUT2D eigenvalue weighted by molar-refractivity contribution is 5.78. The van der Waals surface area contributed by atoms with Gasteiger partial charge in [0.2, 0.25) is 0 Å². The molecule has 1 aromatic carbocycles. The van der Waals surface area contributed by atoms with Gasteiger partial charge in [-0.1, -0.05) is 30.3 Å². The third-order valence-corrected chi connectivity index (χ3v) is 5.79. The Labute approximate surface area is 180 Å². The maximum Gasteiger partial charge on any atom is 0.409 e. The molecule has 2 saturated heterocycles. The van der Waals surface area contributed by atoms with Crippen molar-refractivity contribution in [3.05, 3.63) is 35.9 Å². The van der Waals surface area contributed by atoms with E-state index >= 15 is 0 Å². The number of benzene rings is 1. The van der Waals surface area contributed by atoms with Crippen LogP contribution in [-0.4, -0.2) is 91.8 Å². The van der Waals surface area contributed by atoms with Gasteiger partial charge in [-0.15, -0.1) is 0 Å². The van der Waals surface area contributed by atoms with Crippen LogP contribution >= 0.6 is 0 Å². The van der Waals surface area contributed by atoms with E-state index in [-0.39, 0.29) is 12.1 Å². The normalized spacial score (nSPS) is 19.6. The van der Waals surface area contributed by atoms with Crippen molar-refractivity contribution in [1.29, 1.82) is 0 Å². The Morgan fingerprint density at radius 3 is 2.43 bits per heavy atom. The zero-order chi connectivity index (χ0) is 21.2. The summed E-state index contributed by atoms with van der Waals surface area (Å²) in [6, 6.07) is 10.9. The Balaban J connectivity index is 1.29. The summed E-state index contributed by atoms with van der Waals surface area (Å²) < 4.78 is 5.06. The van der Waals surface area contributed by atoms with Crippen molar-refractivity contribution in [2.45, 2.75) is 32.4 Å². The molecule has 0 aliphatic carbocycles. The molecule has 0 aromatic heterocycles. The maximum absolute atomic E-state index is 11.8. The number of nitrogens with zero attached hydrogens (tertiary/aromatic N) is 4. The van der Waals surface area contributed by atoms with Crippen LogP contribution in [0, 0.1) is 0 Å². The molecular weight excluding hydrogens is 380 g/mol. The number of hydrogen-bond donors (Lipinski definition) is 2.